The second-order valence-corrected chi connectivity index (χ2v) is 7.44. The van der Waals surface area contributed by atoms with Gasteiger partial charge in [-0.05, 0) is 32.8 Å². The number of benzene rings is 1. The van der Waals surface area contributed by atoms with Gasteiger partial charge in [0.2, 0.25) is 6.17 Å². The summed E-state index contributed by atoms with van der Waals surface area (Å²) in [7, 11) is 1.75. The molecule has 0 bridgehead atoms. The number of nitrogens with one attached hydrogen (secondary N) is 2. The Morgan fingerprint density at radius 1 is 1.19 bits per heavy atom. The van der Waals surface area contributed by atoms with Crippen LogP contribution in [0.3, 0.4) is 0 Å². The molecule has 0 saturated heterocycles. The van der Waals surface area contributed by atoms with Crippen molar-refractivity contribution in [3.8, 4) is 0 Å². The van der Waals surface area contributed by atoms with E-state index in [1.165, 1.54) is 19.3 Å². The first-order valence-electron chi connectivity index (χ1n) is 9.49. The molecule has 3 rings (SSSR count). The van der Waals surface area contributed by atoms with Gasteiger partial charge in [0.05, 0.1) is 11.4 Å². The summed E-state index contributed by atoms with van der Waals surface area (Å²) >= 11 is 0. The van der Waals surface area contributed by atoms with Gasteiger partial charge in [0.15, 0.2) is 0 Å². The number of rotatable bonds is 3. The average Bonchev–Trinajstić information content (AvgIpc) is 2.73. The molecule has 1 aliphatic carbocycles. The SMILES string of the molecule is CC(C)NC(=O)NC1N=C(C2CCCCC2)c2ccccc2N(C)C1=O. The Morgan fingerprint density at radius 3 is 2.58 bits per heavy atom. The molecule has 2 aliphatic rings. The van der Waals surface area contributed by atoms with Crippen LogP contribution in [0.2, 0.25) is 0 Å². The van der Waals surface area contributed by atoms with Crippen LogP contribution in [0, 0.1) is 5.92 Å². The Balaban J connectivity index is 1.97. The van der Waals surface area contributed by atoms with Crippen molar-refractivity contribution in [3.05, 3.63) is 29.8 Å². The van der Waals surface area contributed by atoms with Crippen LogP contribution in [-0.2, 0) is 4.79 Å². The molecule has 1 aromatic rings. The molecular weight excluding hydrogens is 328 g/mol. The summed E-state index contributed by atoms with van der Waals surface area (Å²) in [6, 6.07) is 7.51. The van der Waals surface area contributed by atoms with E-state index in [1.807, 2.05) is 38.1 Å². The summed E-state index contributed by atoms with van der Waals surface area (Å²) in [6.45, 7) is 3.76. The van der Waals surface area contributed by atoms with Gasteiger partial charge in [-0.3, -0.25) is 9.79 Å². The molecule has 1 aliphatic heterocycles. The van der Waals surface area contributed by atoms with Crippen LogP contribution in [0.15, 0.2) is 29.3 Å². The molecule has 3 amide bonds. The van der Waals surface area contributed by atoms with Gasteiger partial charge in [-0.1, -0.05) is 37.5 Å². The third kappa shape index (κ3) is 3.89. The lowest BCUT2D eigenvalue weighted by molar-refractivity contribution is -0.119. The fraction of sp³-hybridized carbons (Fsp3) is 0.550. The van der Waals surface area contributed by atoms with E-state index in [0.717, 1.165) is 29.8 Å². The summed E-state index contributed by atoms with van der Waals surface area (Å²) in [5.41, 5.74) is 2.81. The van der Waals surface area contributed by atoms with Crippen molar-refractivity contribution >= 4 is 23.3 Å². The Labute approximate surface area is 155 Å². The van der Waals surface area contributed by atoms with Gasteiger partial charge in [0.25, 0.3) is 5.91 Å². The number of aliphatic imine (C=N–C) groups is 1. The lowest BCUT2D eigenvalue weighted by Gasteiger charge is -2.25. The summed E-state index contributed by atoms with van der Waals surface area (Å²) in [6.07, 6.45) is 4.88. The topological polar surface area (TPSA) is 73.8 Å². The maximum absolute atomic E-state index is 12.9. The third-order valence-electron chi connectivity index (χ3n) is 5.05. The zero-order valence-electron chi connectivity index (χ0n) is 15.8. The number of benzodiazepines with no additional fused rings is 1. The van der Waals surface area contributed by atoms with Crippen molar-refractivity contribution in [2.45, 2.75) is 58.2 Å². The van der Waals surface area contributed by atoms with Crippen LogP contribution in [0.5, 0.6) is 0 Å². The molecule has 0 radical (unpaired) electrons. The normalized spacial score (nSPS) is 21.1. The fourth-order valence-electron chi connectivity index (χ4n) is 3.77. The van der Waals surface area contributed by atoms with Crippen LogP contribution >= 0.6 is 0 Å². The monoisotopic (exact) mass is 356 g/mol. The quantitative estimate of drug-likeness (QED) is 0.873. The van der Waals surface area contributed by atoms with Gasteiger partial charge >= 0.3 is 6.03 Å². The zero-order valence-corrected chi connectivity index (χ0v) is 15.8. The predicted molar refractivity (Wildman–Crippen MR) is 104 cm³/mol. The molecule has 0 aromatic heterocycles. The van der Waals surface area contributed by atoms with E-state index >= 15 is 0 Å². The smallest absolute Gasteiger partial charge is 0.317 e. The number of urea groups is 1. The highest BCUT2D eigenvalue weighted by Gasteiger charge is 2.33. The van der Waals surface area contributed by atoms with Gasteiger partial charge in [0.1, 0.15) is 0 Å². The van der Waals surface area contributed by atoms with Gasteiger partial charge in [-0.25, -0.2) is 4.79 Å². The average molecular weight is 356 g/mol. The van der Waals surface area contributed by atoms with Crippen molar-refractivity contribution in [2.75, 3.05) is 11.9 Å². The van der Waals surface area contributed by atoms with Gasteiger partial charge in [-0.15, -0.1) is 0 Å². The number of fused-ring (bicyclic) bond motifs is 1. The van der Waals surface area contributed by atoms with E-state index in [0.29, 0.717) is 5.92 Å². The predicted octanol–water partition coefficient (Wildman–Crippen LogP) is 3.07. The number of likely N-dealkylation sites (N-methyl/N-ethyl adjacent to an activating group) is 1. The first-order valence-corrected chi connectivity index (χ1v) is 9.49. The third-order valence-corrected chi connectivity index (χ3v) is 5.05. The van der Waals surface area contributed by atoms with Crippen LogP contribution in [0.4, 0.5) is 10.5 Å². The van der Waals surface area contributed by atoms with Crippen LogP contribution < -0.4 is 15.5 Å². The van der Waals surface area contributed by atoms with Crippen LogP contribution in [-0.4, -0.2) is 36.9 Å². The first-order chi connectivity index (χ1) is 12.5. The molecule has 6 nitrogen and oxygen atoms in total. The van der Waals surface area contributed by atoms with E-state index in [9.17, 15) is 9.59 Å². The molecule has 2 N–H and O–H groups in total. The lowest BCUT2D eigenvalue weighted by atomic mass is 9.83. The largest absolute Gasteiger partial charge is 0.336 e. The number of carbonyl (C=O) groups is 2. The summed E-state index contributed by atoms with van der Waals surface area (Å²) in [5, 5.41) is 5.52. The first kappa shape index (κ1) is 18.4. The summed E-state index contributed by atoms with van der Waals surface area (Å²) in [5.74, 6) is 0.115. The van der Waals surface area contributed by atoms with Crippen molar-refractivity contribution in [3.63, 3.8) is 0 Å². The Hall–Kier alpha value is -2.37. The molecule has 140 valence electrons. The molecular formula is C20H28N4O2. The van der Waals surface area contributed by atoms with Crippen molar-refractivity contribution in [2.24, 2.45) is 10.9 Å². The molecule has 26 heavy (non-hydrogen) atoms. The molecule has 1 unspecified atom stereocenters. The van der Waals surface area contributed by atoms with E-state index in [1.54, 1.807) is 11.9 Å². The second kappa shape index (κ2) is 7.89. The number of nitrogens with zero attached hydrogens (tertiary/aromatic N) is 2. The molecule has 1 atom stereocenters. The Kier molecular flexibility index (Phi) is 5.59. The number of carbonyl (C=O) groups excluding carboxylic acids is 2. The minimum absolute atomic E-state index is 0.00685. The highest BCUT2D eigenvalue weighted by Crippen LogP contribution is 2.33. The summed E-state index contributed by atoms with van der Waals surface area (Å²) < 4.78 is 0. The van der Waals surface area contributed by atoms with Gasteiger partial charge < -0.3 is 15.5 Å². The number of anilines is 1. The Bertz CT molecular complexity index is 708. The number of hydrogen-bond acceptors (Lipinski definition) is 3. The Morgan fingerprint density at radius 2 is 1.88 bits per heavy atom. The minimum Gasteiger partial charge on any atom is -0.336 e. The van der Waals surface area contributed by atoms with Crippen LogP contribution in [0.1, 0.15) is 51.5 Å². The van der Waals surface area contributed by atoms with Crippen LogP contribution in [0.25, 0.3) is 0 Å². The lowest BCUT2D eigenvalue weighted by Crippen LogP contribution is -2.50. The van der Waals surface area contributed by atoms with E-state index in [4.69, 9.17) is 4.99 Å². The molecule has 1 heterocycles. The second-order valence-electron chi connectivity index (χ2n) is 7.44. The summed E-state index contributed by atoms with van der Waals surface area (Å²) in [4.78, 5) is 31.5. The minimum atomic E-state index is -0.900. The van der Waals surface area contributed by atoms with Gasteiger partial charge in [-0.2, -0.15) is 0 Å². The van der Waals surface area contributed by atoms with Gasteiger partial charge in [0, 0.05) is 24.6 Å². The molecule has 6 heteroatoms. The number of hydrogen-bond donors (Lipinski definition) is 2. The van der Waals surface area contributed by atoms with Crippen molar-refractivity contribution < 1.29 is 9.59 Å². The number of para-hydroxylation sites is 1. The fourth-order valence-corrected chi connectivity index (χ4v) is 3.77. The van der Waals surface area contributed by atoms with Crippen molar-refractivity contribution in [1.82, 2.24) is 10.6 Å². The standard InChI is InChI=1S/C20H28N4O2/c1-13(2)21-20(26)23-18-19(25)24(3)16-12-8-7-11-15(16)17(22-18)14-9-5-4-6-10-14/h7-8,11-14,18H,4-6,9-10H2,1-3H3,(H2,21,23,26). The molecule has 0 spiro atoms. The molecule has 1 fully saturated rings. The maximum atomic E-state index is 12.9. The maximum Gasteiger partial charge on any atom is 0.317 e. The molecule has 1 aromatic carbocycles. The van der Waals surface area contributed by atoms with E-state index in [2.05, 4.69) is 10.6 Å². The number of amides is 3. The van der Waals surface area contributed by atoms with E-state index in [-0.39, 0.29) is 18.0 Å². The highest BCUT2D eigenvalue weighted by atomic mass is 16.2. The highest BCUT2D eigenvalue weighted by molar-refractivity contribution is 6.13. The van der Waals surface area contributed by atoms with Crippen molar-refractivity contribution in [1.29, 1.82) is 0 Å². The van der Waals surface area contributed by atoms with E-state index < -0.39 is 6.17 Å². The molecule has 1 saturated carbocycles. The zero-order chi connectivity index (χ0) is 18.7.